The number of nitrogens with one attached hydrogen (secondary N) is 1. The van der Waals surface area contributed by atoms with Gasteiger partial charge in [-0.2, -0.15) is 0 Å². The summed E-state index contributed by atoms with van der Waals surface area (Å²) in [6.07, 6.45) is 4.76. The van der Waals surface area contributed by atoms with E-state index >= 15 is 0 Å². The summed E-state index contributed by atoms with van der Waals surface area (Å²) in [6, 6.07) is 7.57. The smallest absolute Gasteiger partial charge is 0.255 e. The van der Waals surface area contributed by atoms with Gasteiger partial charge < -0.3 is 10.2 Å². The third-order valence-electron chi connectivity index (χ3n) is 4.57. The summed E-state index contributed by atoms with van der Waals surface area (Å²) in [5.74, 6) is -0.907. The molecule has 0 aliphatic carbocycles. The maximum absolute atomic E-state index is 13.8. The molecule has 3 rings (SSSR count). The molecular formula is C19H19ClFN3O2. The number of hydrogen-bond acceptors (Lipinski definition) is 3. The Bertz CT molecular complexity index is 772. The monoisotopic (exact) mass is 375 g/mol. The number of piperidine rings is 1. The average molecular weight is 376 g/mol. The zero-order chi connectivity index (χ0) is 18.5. The minimum atomic E-state index is -0.632. The highest BCUT2D eigenvalue weighted by Crippen LogP contribution is 2.21. The van der Waals surface area contributed by atoms with Crippen molar-refractivity contribution in [2.75, 3.05) is 19.6 Å². The summed E-state index contributed by atoms with van der Waals surface area (Å²) in [4.78, 5) is 30.3. The summed E-state index contributed by atoms with van der Waals surface area (Å²) in [6.45, 7) is 1.69. The normalized spacial score (nSPS) is 14.9. The molecule has 1 N–H and O–H groups in total. The lowest BCUT2D eigenvalue weighted by molar-refractivity contribution is 0.0684. The zero-order valence-electron chi connectivity index (χ0n) is 14.1. The van der Waals surface area contributed by atoms with E-state index in [1.54, 1.807) is 29.4 Å². The number of rotatable bonds is 4. The third kappa shape index (κ3) is 4.19. The Morgan fingerprint density at radius 1 is 1.19 bits per heavy atom. The highest BCUT2D eigenvalue weighted by Gasteiger charge is 2.24. The molecule has 1 aromatic carbocycles. The standard InChI is InChI=1S/C19H19ClFN3O2/c20-15-2-1-3-16(21)17(15)18(25)23-12-13-6-10-24(11-7-13)19(26)14-4-8-22-9-5-14/h1-5,8-9,13H,6-7,10-12H2,(H,23,25). The minimum Gasteiger partial charge on any atom is -0.352 e. The van der Waals surface area contributed by atoms with E-state index in [4.69, 9.17) is 11.6 Å². The molecule has 1 saturated heterocycles. The van der Waals surface area contributed by atoms with Crippen LogP contribution in [0.4, 0.5) is 4.39 Å². The number of carbonyl (C=O) groups is 2. The first-order valence-corrected chi connectivity index (χ1v) is 8.85. The van der Waals surface area contributed by atoms with Gasteiger partial charge in [-0.3, -0.25) is 14.6 Å². The van der Waals surface area contributed by atoms with Gasteiger partial charge in [0.25, 0.3) is 11.8 Å². The maximum Gasteiger partial charge on any atom is 0.255 e. The van der Waals surface area contributed by atoms with E-state index in [9.17, 15) is 14.0 Å². The Morgan fingerprint density at radius 2 is 1.88 bits per heavy atom. The molecule has 0 radical (unpaired) electrons. The summed E-state index contributed by atoms with van der Waals surface area (Å²) >= 11 is 5.91. The van der Waals surface area contributed by atoms with E-state index in [-0.39, 0.29) is 22.4 Å². The van der Waals surface area contributed by atoms with Gasteiger partial charge in [0.05, 0.1) is 10.6 Å². The highest BCUT2D eigenvalue weighted by atomic mass is 35.5. The fraction of sp³-hybridized carbons (Fsp3) is 0.316. The minimum absolute atomic E-state index is 0.00646. The molecule has 0 bridgehead atoms. The Morgan fingerprint density at radius 3 is 2.54 bits per heavy atom. The Kier molecular flexibility index (Phi) is 5.83. The van der Waals surface area contributed by atoms with Gasteiger partial charge >= 0.3 is 0 Å². The lowest BCUT2D eigenvalue weighted by Crippen LogP contribution is -2.41. The van der Waals surface area contributed by atoms with Gasteiger partial charge in [0.15, 0.2) is 0 Å². The Balaban J connectivity index is 1.50. The molecule has 2 aromatic rings. The fourth-order valence-corrected chi connectivity index (χ4v) is 3.31. The van der Waals surface area contributed by atoms with Crippen LogP contribution in [-0.4, -0.2) is 41.3 Å². The van der Waals surface area contributed by atoms with Crippen LogP contribution in [0, 0.1) is 11.7 Å². The van der Waals surface area contributed by atoms with E-state index in [1.807, 2.05) is 0 Å². The molecule has 0 atom stereocenters. The second kappa shape index (κ2) is 8.27. The molecule has 136 valence electrons. The number of benzene rings is 1. The van der Waals surface area contributed by atoms with E-state index in [0.717, 1.165) is 12.8 Å². The van der Waals surface area contributed by atoms with Gasteiger partial charge in [-0.15, -0.1) is 0 Å². The highest BCUT2D eigenvalue weighted by molar-refractivity contribution is 6.33. The molecule has 1 aliphatic heterocycles. The summed E-state index contributed by atoms with van der Waals surface area (Å²) in [7, 11) is 0. The molecule has 0 unspecified atom stereocenters. The van der Waals surface area contributed by atoms with E-state index in [1.165, 1.54) is 18.2 Å². The molecule has 7 heteroatoms. The van der Waals surface area contributed by atoms with Crippen molar-refractivity contribution in [3.63, 3.8) is 0 Å². The van der Waals surface area contributed by atoms with Gasteiger partial charge in [-0.05, 0) is 43.0 Å². The Labute approximate surface area is 156 Å². The first-order chi connectivity index (χ1) is 12.6. The summed E-state index contributed by atoms with van der Waals surface area (Å²) in [5.41, 5.74) is 0.500. The Hall–Kier alpha value is -2.47. The lowest BCUT2D eigenvalue weighted by Gasteiger charge is -2.32. The lowest BCUT2D eigenvalue weighted by atomic mass is 9.96. The molecule has 2 heterocycles. The molecule has 2 amide bonds. The van der Waals surface area contributed by atoms with Crippen LogP contribution in [0.3, 0.4) is 0 Å². The SMILES string of the molecule is O=C(NCC1CCN(C(=O)c2ccncc2)CC1)c1c(F)cccc1Cl. The van der Waals surface area contributed by atoms with Gasteiger partial charge in [0.1, 0.15) is 5.82 Å². The average Bonchev–Trinajstić information content (AvgIpc) is 2.67. The number of likely N-dealkylation sites (tertiary alicyclic amines) is 1. The molecule has 1 fully saturated rings. The van der Waals surface area contributed by atoms with Gasteiger partial charge in [-0.25, -0.2) is 4.39 Å². The van der Waals surface area contributed by atoms with Gasteiger partial charge in [0.2, 0.25) is 0 Å². The van der Waals surface area contributed by atoms with E-state index < -0.39 is 11.7 Å². The van der Waals surface area contributed by atoms with Crippen molar-refractivity contribution in [1.82, 2.24) is 15.2 Å². The molecule has 5 nitrogen and oxygen atoms in total. The number of amides is 2. The van der Waals surface area contributed by atoms with Crippen molar-refractivity contribution in [3.8, 4) is 0 Å². The maximum atomic E-state index is 13.8. The van der Waals surface area contributed by atoms with Crippen LogP contribution in [0.25, 0.3) is 0 Å². The van der Waals surface area contributed by atoms with E-state index in [2.05, 4.69) is 10.3 Å². The number of aromatic nitrogens is 1. The van der Waals surface area contributed by atoms with Crippen molar-refractivity contribution in [2.45, 2.75) is 12.8 Å². The van der Waals surface area contributed by atoms with Crippen LogP contribution >= 0.6 is 11.6 Å². The predicted molar refractivity (Wildman–Crippen MR) is 96.6 cm³/mol. The fourth-order valence-electron chi connectivity index (χ4n) is 3.06. The number of halogens is 2. The second-order valence-corrected chi connectivity index (χ2v) is 6.69. The quantitative estimate of drug-likeness (QED) is 0.892. The molecular weight excluding hydrogens is 357 g/mol. The van der Waals surface area contributed by atoms with Gasteiger partial charge in [-0.1, -0.05) is 17.7 Å². The topological polar surface area (TPSA) is 62.3 Å². The second-order valence-electron chi connectivity index (χ2n) is 6.28. The van der Waals surface area contributed by atoms with Crippen LogP contribution in [0.2, 0.25) is 5.02 Å². The largest absolute Gasteiger partial charge is 0.352 e. The zero-order valence-corrected chi connectivity index (χ0v) is 14.9. The molecule has 1 aliphatic rings. The number of nitrogens with zero attached hydrogens (tertiary/aromatic N) is 2. The predicted octanol–water partition coefficient (Wildman–Crippen LogP) is 3.16. The van der Waals surface area contributed by atoms with Gasteiger partial charge in [0, 0.05) is 37.6 Å². The van der Waals surface area contributed by atoms with Crippen LogP contribution in [-0.2, 0) is 0 Å². The van der Waals surface area contributed by atoms with Crippen molar-refractivity contribution in [3.05, 3.63) is 64.7 Å². The molecule has 0 saturated carbocycles. The molecule has 0 spiro atoms. The molecule has 26 heavy (non-hydrogen) atoms. The van der Waals surface area contributed by atoms with Crippen LogP contribution in [0.5, 0.6) is 0 Å². The molecule has 1 aromatic heterocycles. The van der Waals surface area contributed by atoms with Crippen molar-refractivity contribution in [1.29, 1.82) is 0 Å². The number of pyridine rings is 1. The first-order valence-electron chi connectivity index (χ1n) is 8.48. The van der Waals surface area contributed by atoms with Crippen molar-refractivity contribution >= 4 is 23.4 Å². The summed E-state index contributed by atoms with van der Waals surface area (Å²) in [5, 5.41) is 2.85. The number of carbonyl (C=O) groups excluding carboxylic acids is 2. The van der Waals surface area contributed by atoms with E-state index in [0.29, 0.717) is 25.2 Å². The van der Waals surface area contributed by atoms with Crippen LogP contribution in [0.15, 0.2) is 42.7 Å². The van der Waals surface area contributed by atoms with Crippen molar-refractivity contribution in [2.24, 2.45) is 5.92 Å². The first kappa shape index (κ1) is 18.3. The van der Waals surface area contributed by atoms with Crippen LogP contribution in [0.1, 0.15) is 33.6 Å². The van der Waals surface area contributed by atoms with Crippen LogP contribution < -0.4 is 5.32 Å². The number of hydrogen-bond donors (Lipinski definition) is 1. The third-order valence-corrected chi connectivity index (χ3v) is 4.89. The van der Waals surface area contributed by atoms with Crippen molar-refractivity contribution < 1.29 is 14.0 Å². The summed E-state index contributed by atoms with van der Waals surface area (Å²) < 4.78 is 13.8.